The number of hydrogen-bond donors (Lipinski definition) is 1. The lowest BCUT2D eigenvalue weighted by Gasteiger charge is -2.39. The maximum absolute atomic E-state index is 11.8. The molecule has 0 unspecified atom stereocenters. The smallest absolute Gasteiger partial charge is 0.212 e. The van der Waals surface area contributed by atoms with E-state index in [9.17, 15) is 8.42 Å². The van der Waals surface area contributed by atoms with Crippen molar-refractivity contribution in [2.75, 3.05) is 0 Å². The SMILES string of the molecule is CCC(C)(C)C1CCC(NS(=O)(=O)C(C)C)CC1. The van der Waals surface area contributed by atoms with Crippen molar-refractivity contribution in [3.8, 4) is 0 Å². The van der Waals surface area contributed by atoms with Crippen molar-refractivity contribution in [1.29, 1.82) is 0 Å². The van der Waals surface area contributed by atoms with Crippen molar-refractivity contribution < 1.29 is 8.42 Å². The topological polar surface area (TPSA) is 46.2 Å². The molecule has 0 radical (unpaired) electrons. The van der Waals surface area contributed by atoms with Gasteiger partial charge < -0.3 is 0 Å². The second kappa shape index (κ2) is 5.91. The highest BCUT2D eigenvalue weighted by molar-refractivity contribution is 7.90. The lowest BCUT2D eigenvalue weighted by Crippen LogP contribution is -2.42. The molecule has 0 aromatic rings. The van der Waals surface area contributed by atoms with Crippen LogP contribution in [0.15, 0.2) is 0 Å². The molecule has 0 aliphatic heterocycles. The zero-order valence-electron chi connectivity index (χ0n) is 12.5. The van der Waals surface area contributed by atoms with Gasteiger partial charge in [-0.25, -0.2) is 13.1 Å². The predicted octanol–water partition coefficient (Wildman–Crippen LogP) is 3.31. The largest absolute Gasteiger partial charge is 0.214 e. The molecule has 1 aliphatic rings. The maximum Gasteiger partial charge on any atom is 0.214 e. The third-order valence-corrected chi connectivity index (χ3v) is 6.60. The Morgan fingerprint density at radius 2 is 1.67 bits per heavy atom. The van der Waals surface area contributed by atoms with Gasteiger partial charge in [0.1, 0.15) is 0 Å². The summed E-state index contributed by atoms with van der Waals surface area (Å²) in [6.07, 6.45) is 5.46. The molecule has 0 bridgehead atoms. The van der Waals surface area contributed by atoms with E-state index in [0.717, 1.165) is 31.6 Å². The second-order valence-electron chi connectivity index (χ2n) is 6.60. The molecule has 0 spiro atoms. The lowest BCUT2D eigenvalue weighted by molar-refractivity contribution is 0.142. The summed E-state index contributed by atoms with van der Waals surface area (Å²) in [5, 5.41) is -0.331. The fourth-order valence-corrected chi connectivity index (χ4v) is 3.62. The van der Waals surface area contributed by atoms with Gasteiger partial charge in [-0.15, -0.1) is 0 Å². The summed E-state index contributed by atoms with van der Waals surface area (Å²) in [4.78, 5) is 0. The molecule has 0 saturated heterocycles. The minimum Gasteiger partial charge on any atom is -0.212 e. The zero-order chi connectivity index (χ0) is 14.0. The van der Waals surface area contributed by atoms with E-state index in [-0.39, 0.29) is 11.3 Å². The van der Waals surface area contributed by atoms with Crippen LogP contribution in [-0.2, 0) is 10.0 Å². The first-order valence-electron chi connectivity index (χ1n) is 7.20. The Bertz CT molecular complexity index is 352. The Kier molecular flexibility index (Phi) is 5.24. The first-order chi connectivity index (χ1) is 8.19. The molecule has 1 fully saturated rings. The second-order valence-corrected chi connectivity index (χ2v) is 8.87. The number of hydrogen-bond acceptors (Lipinski definition) is 2. The van der Waals surface area contributed by atoms with Gasteiger partial charge in [0.2, 0.25) is 10.0 Å². The van der Waals surface area contributed by atoms with Gasteiger partial charge in [-0.3, -0.25) is 0 Å². The molecule has 1 saturated carbocycles. The van der Waals surface area contributed by atoms with Gasteiger partial charge in [0.05, 0.1) is 5.25 Å². The van der Waals surface area contributed by atoms with Gasteiger partial charge in [-0.1, -0.05) is 27.2 Å². The molecule has 1 rings (SSSR count). The van der Waals surface area contributed by atoms with Crippen molar-refractivity contribution in [1.82, 2.24) is 4.72 Å². The highest BCUT2D eigenvalue weighted by Gasteiger charge is 2.33. The van der Waals surface area contributed by atoms with Crippen molar-refractivity contribution in [2.45, 2.75) is 78.0 Å². The van der Waals surface area contributed by atoms with Crippen LogP contribution in [0.5, 0.6) is 0 Å². The van der Waals surface area contributed by atoms with Crippen LogP contribution < -0.4 is 4.72 Å². The quantitative estimate of drug-likeness (QED) is 0.836. The minimum absolute atomic E-state index is 0.154. The molecule has 1 N–H and O–H groups in total. The summed E-state index contributed by atoms with van der Waals surface area (Å²) in [6.45, 7) is 10.4. The lowest BCUT2D eigenvalue weighted by atomic mass is 9.69. The Balaban J connectivity index is 2.51. The van der Waals surface area contributed by atoms with E-state index in [2.05, 4.69) is 25.5 Å². The summed E-state index contributed by atoms with van der Waals surface area (Å²) < 4.78 is 26.5. The molecule has 0 aromatic carbocycles. The summed E-state index contributed by atoms with van der Waals surface area (Å²) in [7, 11) is -3.11. The molecule has 1 aliphatic carbocycles. The van der Waals surface area contributed by atoms with Gasteiger partial charge in [-0.05, 0) is 50.9 Å². The third-order valence-electron chi connectivity index (χ3n) is 4.70. The summed E-state index contributed by atoms with van der Waals surface area (Å²) in [5.41, 5.74) is 0.391. The van der Waals surface area contributed by atoms with Crippen molar-refractivity contribution >= 4 is 10.0 Å². The van der Waals surface area contributed by atoms with Crippen molar-refractivity contribution in [2.24, 2.45) is 11.3 Å². The van der Waals surface area contributed by atoms with Crippen LogP contribution in [0.25, 0.3) is 0 Å². The average Bonchev–Trinajstić information content (AvgIpc) is 2.29. The summed E-state index contributed by atoms with van der Waals surface area (Å²) in [5.74, 6) is 0.738. The van der Waals surface area contributed by atoms with E-state index in [1.165, 1.54) is 6.42 Å². The normalized spacial score (nSPS) is 26.6. The first kappa shape index (κ1) is 16.0. The van der Waals surface area contributed by atoms with Gasteiger partial charge in [0.15, 0.2) is 0 Å². The van der Waals surface area contributed by atoms with Crippen molar-refractivity contribution in [3.63, 3.8) is 0 Å². The van der Waals surface area contributed by atoms with Gasteiger partial charge in [0, 0.05) is 6.04 Å². The van der Waals surface area contributed by atoms with Gasteiger partial charge >= 0.3 is 0 Å². The average molecular weight is 275 g/mol. The molecule has 18 heavy (non-hydrogen) atoms. The Labute approximate surface area is 113 Å². The van der Waals surface area contributed by atoms with Crippen LogP contribution in [0.2, 0.25) is 0 Å². The summed E-state index contributed by atoms with van der Waals surface area (Å²) in [6, 6.07) is 0.154. The zero-order valence-corrected chi connectivity index (χ0v) is 13.3. The molecule has 108 valence electrons. The fourth-order valence-electron chi connectivity index (χ4n) is 2.65. The molecule has 0 atom stereocenters. The van der Waals surface area contributed by atoms with E-state index < -0.39 is 10.0 Å². The van der Waals surface area contributed by atoms with E-state index >= 15 is 0 Å². The van der Waals surface area contributed by atoms with E-state index in [4.69, 9.17) is 0 Å². The number of sulfonamides is 1. The predicted molar refractivity (Wildman–Crippen MR) is 77.0 cm³/mol. The Morgan fingerprint density at radius 1 is 1.17 bits per heavy atom. The minimum atomic E-state index is -3.11. The van der Waals surface area contributed by atoms with Crippen LogP contribution in [0, 0.1) is 11.3 Å². The van der Waals surface area contributed by atoms with Crippen LogP contribution in [0.3, 0.4) is 0 Å². The molecular formula is C14H29NO2S. The van der Waals surface area contributed by atoms with Gasteiger partial charge in [0.25, 0.3) is 0 Å². The standard InChI is InChI=1S/C14H29NO2S/c1-6-14(4,5)12-7-9-13(10-8-12)15-18(16,17)11(2)3/h11-13,15H,6-10H2,1-5H3. The van der Waals surface area contributed by atoms with Crippen LogP contribution in [0.4, 0.5) is 0 Å². The molecule has 0 heterocycles. The number of rotatable bonds is 5. The van der Waals surface area contributed by atoms with Crippen LogP contribution in [0.1, 0.15) is 66.7 Å². The molecule has 4 heteroatoms. The Morgan fingerprint density at radius 3 is 2.06 bits per heavy atom. The van der Waals surface area contributed by atoms with Crippen LogP contribution in [-0.4, -0.2) is 19.7 Å². The molecule has 0 aromatic heterocycles. The number of nitrogens with one attached hydrogen (secondary N) is 1. The molecule has 3 nitrogen and oxygen atoms in total. The monoisotopic (exact) mass is 275 g/mol. The molecular weight excluding hydrogens is 246 g/mol. The van der Waals surface area contributed by atoms with Crippen molar-refractivity contribution in [3.05, 3.63) is 0 Å². The molecule has 0 amide bonds. The van der Waals surface area contributed by atoms with E-state index in [1.807, 2.05) is 0 Å². The first-order valence-corrected chi connectivity index (χ1v) is 8.75. The third kappa shape index (κ3) is 3.95. The maximum atomic E-state index is 11.8. The van der Waals surface area contributed by atoms with E-state index in [0.29, 0.717) is 5.41 Å². The Hall–Kier alpha value is -0.0900. The van der Waals surface area contributed by atoms with Crippen LogP contribution >= 0.6 is 0 Å². The van der Waals surface area contributed by atoms with Gasteiger partial charge in [-0.2, -0.15) is 0 Å². The summed E-state index contributed by atoms with van der Waals surface area (Å²) >= 11 is 0. The fraction of sp³-hybridized carbons (Fsp3) is 1.00. The highest BCUT2D eigenvalue weighted by atomic mass is 32.2. The van der Waals surface area contributed by atoms with E-state index in [1.54, 1.807) is 13.8 Å². The highest BCUT2D eigenvalue weighted by Crippen LogP contribution is 2.40.